The highest BCUT2D eigenvalue weighted by Crippen LogP contribution is 2.31. The van der Waals surface area contributed by atoms with E-state index in [9.17, 15) is 13.2 Å². The number of halogens is 3. The molecule has 0 aliphatic carbocycles. The zero-order chi connectivity index (χ0) is 9.90. The van der Waals surface area contributed by atoms with Crippen LogP contribution in [0.4, 0.5) is 13.2 Å². The summed E-state index contributed by atoms with van der Waals surface area (Å²) in [7, 11) is 0. The van der Waals surface area contributed by atoms with Crippen LogP contribution in [0.2, 0.25) is 0 Å². The number of ether oxygens (including phenoxy) is 1. The zero-order valence-electron chi connectivity index (χ0n) is 7.10. The van der Waals surface area contributed by atoms with Crippen molar-refractivity contribution in [1.29, 1.82) is 0 Å². The van der Waals surface area contributed by atoms with Gasteiger partial charge >= 0.3 is 6.18 Å². The Hall–Kier alpha value is -0.550. The minimum Gasteiger partial charge on any atom is -0.368 e. The van der Waals surface area contributed by atoms with Crippen LogP contribution < -0.4 is 5.73 Å². The summed E-state index contributed by atoms with van der Waals surface area (Å²) in [4.78, 5) is 0. The first-order valence-electron chi connectivity index (χ1n) is 4.10. The van der Waals surface area contributed by atoms with E-state index in [1.165, 1.54) is 0 Å². The number of hydrogen-bond acceptors (Lipinski definition) is 2. The molecule has 5 heteroatoms. The van der Waals surface area contributed by atoms with Crippen LogP contribution in [0.5, 0.6) is 0 Å². The van der Waals surface area contributed by atoms with E-state index in [4.69, 9.17) is 5.73 Å². The van der Waals surface area contributed by atoms with Crippen molar-refractivity contribution in [3.63, 3.8) is 0 Å². The number of hydrogen-bond donors (Lipinski definition) is 1. The molecule has 1 rings (SSSR count). The highest BCUT2D eigenvalue weighted by Gasteiger charge is 2.42. The van der Waals surface area contributed by atoms with Gasteiger partial charge in [-0.15, -0.1) is 0 Å². The van der Waals surface area contributed by atoms with Gasteiger partial charge < -0.3 is 10.5 Å². The van der Waals surface area contributed by atoms with Crippen LogP contribution in [0.1, 0.15) is 12.8 Å². The highest BCUT2D eigenvalue weighted by molar-refractivity contribution is 5.07. The van der Waals surface area contributed by atoms with Crippen LogP contribution in [0.15, 0.2) is 11.6 Å². The molecule has 0 aromatic carbocycles. The fraction of sp³-hybridized carbons (Fsp3) is 0.750. The van der Waals surface area contributed by atoms with Crippen LogP contribution in [0.25, 0.3) is 0 Å². The molecule has 76 valence electrons. The summed E-state index contributed by atoms with van der Waals surface area (Å²) in [6.07, 6.45) is -3.76. The van der Waals surface area contributed by atoms with Gasteiger partial charge in [-0.25, -0.2) is 0 Å². The van der Waals surface area contributed by atoms with Gasteiger partial charge in [0.25, 0.3) is 0 Å². The third-order valence-electron chi connectivity index (χ3n) is 1.96. The smallest absolute Gasteiger partial charge is 0.368 e. The van der Waals surface area contributed by atoms with E-state index in [1.54, 1.807) is 6.08 Å². The first-order valence-corrected chi connectivity index (χ1v) is 4.10. The van der Waals surface area contributed by atoms with Crippen molar-refractivity contribution >= 4 is 0 Å². The lowest BCUT2D eigenvalue weighted by molar-refractivity contribution is -0.224. The van der Waals surface area contributed by atoms with Gasteiger partial charge in [0.1, 0.15) is 0 Å². The van der Waals surface area contributed by atoms with Crippen molar-refractivity contribution in [1.82, 2.24) is 0 Å². The molecule has 0 spiro atoms. The second kappa shape index (κ2) is 4.11. The van der Waals surface area contributed by atoms with Gasteiger partial charge in [-0.1, -0.05) is 11.6 Å². The lowest BCUT2D eigenvalue weighted by Crippen LogP contribution is -2.35. The third kappa shape index (κ3) is 3.00. The Bertz CT molecular complexity index is 200. The molecule has 0 amide bonds. The summed E-state index contributed by atoms with van der Waals surface area (Å²) in [5, 5.41) is 0. The summed E-state index contributed by atoms with van der Waals surface area (Å²) < 4.78 is 41.1. The lowest BCUT2D eigenvalue weighted by Gasteiger charge is -2.26. The van der Waals surface area contributed by atoms with E-state index < -0.39 is 12.3 Å². The molecule has 0 bridgehead atoms. The average molecular weight is 195 g/mol. The average Bonchev–Trinajstić information content (AvgIpc) is 2.04. The number of nitrogens with two attached hydrogens (primary N) is 1. The summed E-state index contributed by atoms with van der Waals surface area (Å²) in [5.74, 6) is 0. The molecule has 1 heterocycles. The monoisotopic (exact) mass is 195 g/mol. The van der Waals surface area contributed by atoms with Gasteiger partial charge in [-0.3, -0.25) is 0 Å². The molecule has 0 aromatic heterocycles. The van der Waals surface area contributed by atoms with Crippen molar-refractivity contribution in [2.45, 2.75) is 25.1 Å². The second-order valence-corrected chi connectivity index (χ2v) is 2.95. The summed E-state index contributed by atoms with van der Waals surface area (Å²) in [6.45, 7) is 0.427. The van der Waals surface area contributed by atoms with Gasteiger partial charge in [0.05, 0.1) is 6.61 Å². The maximum absolute atomic E-state index is 12.2. The van der Waals surface area contributed by atoms with E-state index in [2.05, 4.69) is 4.74 Å². The Morgan fingerprint density at radius 1 is 1.54 bits per heavy atom. The van der Waals surface area contributed by atoms with Crippen molar-refractivity contribution in [2.75, 3.05) is 13.2 Å². The van der Waals surface area contributed by atoms with Crippen LogP contribution in [-0.2, 0) is 4.74 Å². The largest absolute Gasteiger partial charge is 0.414 e. The van der Waals surface area contributed by atoms with E-state index >= 15 is 0 Å². The van der Waals surface area contributed by atoms with E-state index in [1.807, 2.05) is 0 Å². The minimum absolute atomic E-state index is 0.0688. The summed E-state index contributed by atoms with van der Waals surface area (Å²) >= 11 is 0. The fourth-order valence-electron chi connectivity index (χ4n) is 1.29. The number of rotatable bonds is 1. The predicted octanol–water partition coefficient (Wildman–Crippen LogP) is 1.61. The van der Waals surface area contributed by atoms with Gasteiger partial charge in [-0.2, -0.15) is 13.2 Å². The SMILES string of the molecule is NC/C=C1/CCOC(C(F)(F)F)C1. The molecule has 1 saturated heterocycles. The molecule has 1 fully saturated rings. The molecule has 1 unspecified atom stereocenters. The third-order valence-corrected chi connectivity index (χ3v) is 1.96. The van der Waals surface area contributed by atoms with Gasteiger partial charge in [0, 0.05) is 13.0 Å². The molecule has 0 aromatic rings. The molecule has 2 nitrogen and oxygen atoms in total. The molecule has 2 N–H and O–H groups in total. The summed E-state index contributed by atoms with van der Waals surface area (Å²) in [5.41, 5.74) is 5.96. The molecule has 0 radical (unpaired) electrons. The van der Waals surface area contributed by atoms with E-state index in [-0.39, 0.29) is 13.0 Å². The molecule has 1 aliphatic rings. The van der Waals surface area contributed by atoms with Crippen LogP contribution >= 0.6 is 0 Å². The zero-order valence-corrected chi connectivity index (χ0v) is 7.10. The van der Waals surface area contributed by atoms with Crippen LogP contribution in [-0.4, -0.2) is 25.4 Å². The highest BCUT2D eigenvalue weighted by atomic mass is 19.4. The van der Waals surface area contributed by atoms with Crippen molar-refractivity contribution < 1.29 is 17.9 Å². The van der Waals surface area contributed by atoms with Gasteiger partial charge in [0.15, 0.2) is 6.10 Å². The maximum atomic E-state index is 12.2. The Labute approximate surface area is 74.5 Å². The molecule has 0 saturated carbocycles. The molecular weight excluding hydrogens is 183 g/mol. The maximum Gasteiger partial charge on any atom is 0.414 e. The van der Waals surface area contributed by atoms with E-state index in [0.29, 0.717) is 13.0 Å². The second-order valence-electron chi connectivity index (χ2n) is 2.95. The van der Waals surface area contributed by atoms with Crippen molar-refractivity contribution in [3.8, 4) is 0 Å². The minimum atomic E-state index is -4.26. The fourth-order valence-corrected chi connectivity index (χ4v) is 1.29. The predicted molar refractivity (Wildman–Crippen MR) is 42.2 cm³/mol. The molecule has 1 aliphatic heterocycles. The lowest BCUT2D eigenvalue weighted by atomic mass is 10.0. The van der Waals surface area contributed by atoms with Crippen LogP contribution in [0, 0.1) is 0 Å². The van der Waals surface area contributed by atoms with Gasteiger partial charge in [0.2, 0.25) is 0 Å². The molecule has 1 atom stereocenters. The Morgan fingerprint density at radius 2 is 2.23 bits per heavy atom. The normalized spacial score (nSPS) is 28.0. The van der Waals surface area contributed by atoms with Crippen molar-refractivity contribution in [2.24, 2.45) is 5.73 Å². The topological polar surface area (TPSA) is 35.2 Å². The summed E-state index contributed by atoms with van der Waals surface area (Å²) in [6, 6.07) is 0. The van der Waals surface area contributed by atoms with Crippen LogP contribution in [0.3, 0.4) is 0 Å². The van der Waals surface area contributed by atoms with Crippen molar-refractivity contribution in [3.05, 3.63) is 11.6 Å². The van der Waals surface area contributed by atoms with Gasteiger partial charge in [-0.05, 0) is 6.42 Å². The molecular formula is C8H12F3NO. The van der Waals surface area contributed by atoms with E-state index in [0.717, 1.165) is 5.57 Å². The number of alkyl halides is 3. The Morgan fingerprint density at radius 3 is 2.77 bits per heavy atom. The Balaban J connectivity index is 2.57. The first-order chi connectivity index (χ1) is 6.04. The Kier molecular flexibility index (Phi) is 3.33. The molecule has 13 heavy (non-hydrogen) atoms. The first kappa shape index (κ1) is 10.5. The standard InChI is InChI=1S/C8H12F3NO/c9-8(10,11)7-5-6(1-3-12)2-4-13-7/h1,7H,2-5,12H2/b6-1-. The quantitative estimate of drug-likeness (QED) is 0.645.